The molecule has 0 aliphatic carbocycles. The number of hydrogen-bond donors (Lipinski definition) is 1. The van der Waals surface area contributed by atoms with Crippen LogP contribution in [0.4, 0.5) is 16.2 Å². The Morgan fingerprint density at radius 3 is 2.41 bits per heavy atom. The van der Waals surface area contributed by atoms with Gasteiger partial charge < -0.3 is 14.6 Å². The van der Waals surface area contributed by atoms with Gasteiger partial charge in [0.25, 0.3) is 0 Å². The minimum atomic E-state index is -0.271. The van der Waals surface area contributed by atoms with Gasteiger partial charge in [0.05, 0.1) is 17.1 Å². The normalized spacial score (nSPS) is 11.7. The second-order valence-corrected chi connectivity index (χ2v) is 9.73. The van der Waals surface area contributed by atoms with Crippen molar-refractivity contribution in [3.8, 4) is 0 Å². The minimum Gasteiger partial charge on any atom is -0.461 e. The van der Waals surface area contributed by atoms with Gasteiger partial charge in [-0.1, -0.05) is 67.2 Å². The Balaban J connectivity index is 1.43. The van der Waals surface area contributed by atoms with Crippen molar-refractivity contribution in [2.75, 3.05) is 22.5 Å². The molecule has 37 heavy (non-hydrogen) atoms. The van der Waals surface area contributed by atoms with Crippen molar-refractivity contribution in [3.63, 3.8) is 0 Å². The zero-order valence-corrected chi connectivity index (χ0v) is 22.0. The van der Waals surface area contributed by atoms with Crippen LogP contribution in [0.15, 0.2) is 90.1 Å². The summed E-state index contributed by atoms with van der Waals surface area (Å²) in [5, 5.41) is 3.75. The maximum absolute atomic E-state index is 13.1. The Morgan fingerprint density at radius 1 is 1.00 bits per heavy atom. The molecule has 4 aromatic rings. The van der Waals surface area contributed by atoms with E-state index in [1.807, 2.05) is 103 Å². The van der Waals surface area contributed by atoms with Gasteiger partial charge in [-0.05, 0) is 56.2 Å². The van der Waals surface area contributed by atoms with E-state index in [1.165, 1.54) is 0 Å². The molecule has 192 valence electrons. The van der Waals surface area contributed by atoms with Gasteiger partial charge >= 0.3 is 12.0 Å². The Hall–Kier alpha value is -3.78. The lowest BCUT2D eigenvalue weighted by atomic mass is 10.2. The summed E-state index contributed by atoms with van der Waals surface area (Å²) in [4.78, 5) is 32.2. The summed E-state index contributed by atoms with van der Waals surface area (Å²) in [5.41, 5.74) is 3.33. The first-order valence-electron chi connectivity index (χ1n) is 12.5. The molecule has 0 radical (unpaired) electrons. The fourth-order valence-corrected chi connectivity index (χ4v) is 4.78. The number of benzene rings is 3. The number of anilines is 2. The fourth-order valence-electron chi connectivity index (χ4n) is 3.84. The SMILES string of the molecule is CCC(C)OC(=O)Cn1c(SCCCN(C(=O)Nc2ccccc2)c2ccccc2)nc2ccccc21. The van der Waals surface area contributed by atoms with E-state index in [9.17, 15) is 9.59 Å². The molecule has 4 rings (SSSR count). The molecule has 7 nitrogen and oxygen atoms in total. The first-order valence-corrected chi connectivity index (χ1v) is 13.5. The van der Waals surface area contributed by atoms with Gasteiger partial charge in [0, 0.05) is 23.7 Å². The predicted molar refractivity (Wildman–Crippen MR) is 150 cm³/mol. The minimum absolute atomic E-state index is 0.114. The first kappa shape index (κ1) is 26.3. The van der Waals surface area contributed by atoms with E-state index in [0.717, 1.165) is 46.2 Å². The third kappa shape index (κ3) is 7.13. The van der Waals surface area contributed by atoms with Crippen molar-refractivity contribution in [2.45, 2.75) is 44.5 Å². The number of amides is 2. The molecule has 0 bridgehead atoms. The second-order valence-electron chi connectivity index (χ2n) is 8.66. The molecule has 0 saturated heterocycles. The number of imidazole rings is 1. The number of hydrogen-bond acceptors (Lipinski definition) is 5. The lowest BCUT2D eigenvalue weighted by molar-refractivity contribution is -0.149. The van der Waals surface area contributed by atoms with E-state index < -0.39 is 0 Å². The molecule has 0 spiro atoms. The summed E-state index contributed by atoms with van der Waals surface area (Å²) in [7, 11) is 0. The Labute approximate surface area is 221 Å². The topological polar surface area (TPSA) is 76.5 Å². The van der Waals surface area contributed by atoms with Crippen molar-refractivity contribution in [2.24, 2.45) is 0 Å². The maximum Gasteiger partial charge on any atom is 0.326 e. The van der Waals surface area contributed by atoms with Gasteiger partial charge in [-0.2, -0.15) is 0 Å². The zero-order chi connectivity index (χ0) is 26.0. The molecule has 0 aliphatic heterocycles. The van der Waals surface area contributed by atoms with Crippen LogP contribution in [0.5, 0.6) is 0 Å². The van der Waals surface area contributed by atoms with Crippen molar-refractivity contribution in [1.82, 2.24) is 9.55 Å². The zero-order valence-electron chi connectivity index (χ0n) is 21.2. The van der Waals surface area contributed by atoms with Crippen molar-refractivity contribution in [1.29, 1.82) is 0 Å². The number of ether oxygens (including phenoxy) is 1. The highest BCUT2D eigenvalue weighted by Crippen LogP contribution is 2.25. The number of nitrogens with zero attached hydrogens (tertiary/aromatic N) is 3. The van der Waals surface area contributed by atoms with Crippen molar-refractivity contribution < 1.29 is 14.3 Å². The second kappa shape index (κ2) is 13.0. The van der Waals surface area contributed by atoms with Gasteiger partial charge in [0.2, 0.25) is 0 Å². The number of carbonyl (C=O) groups excluding carboxylic acids is 2. The molecule has 0 saturated carbocycles. The number of esters is 1. The van der Waals surface area contributed by atoms with Crippen LogP contribution in [0.2, 0.25) is 0 Å². The van der Waals surface area contributed by atoms with Gasteiger partial charge in [-0.3, -0.25) is 9.69 Å². The summed E-state index contributed by atoms with van der Waals surface area (Å²) < 4.78 is 7.43. The smallest absolute Gasteiger partial charge is 0.326 e. The predicted octanol–water partition coefficient (Wildman–Crippen LogP) is 6.60. The summed E-state index contributed by atoms with van der Waals surface area (Å²) in [6.07, 6.45) is 1.39. The molecule has 1 unspecified atom stereocenters. The molecule has 2 amide bonds. The third-order valence-electron chi connectivity index (χ3n) is 5.91. The molecule has 0 aliphatic rings. The van der Waals surface area contributed by atoms with Crippen LogP contribution in [0.3, 0.4) is 0 Å². The number of para-hydroxylation sites is 4. The largest absolute Gasteiger partial charge is 0.461 e. The molecule has 8 heteroatoms. The number of rotatable bonds is 11. The number of fused-ring (bicyclic) bond motifs is 1. The quantitative estimate of drug-likeness (QED) is 0.138. The van der Waals surface area contributed by atoms with E-state index in [0.29, 0.717) is 6.54 Å². The van der Waals surface area contributed by atoms with E-state index in [-0.39, 0.29) is 24.6 Å². The van der Waals surface area contributed by atoms with Crippen LogP contribution in [0, 0.1) is 0 Å². The Morgan fingerprint density at radius 2 is 1.68 bits per heavy atom. The van der Waals surface area contributed by atoms with Gasteiger partial charge in [-0.25, -0.2) is 9.78 Å². The average molecular weight is 517 g/mol. The van der Waals surface area contributed by atoms with Crippen LogP contribution >= 0.6 is 11.8 Å². The van der Waals surface area contributed by atoms with Crippen LogP contribution in [0.1, 0.15) is 26.7 Å². The number of urea groups is 1. The highest BCUT2D eigenvalue weighted by atomic mass is 32.2. The highest BCUT2D eigenvalue weighted by Gasteiger charge is 2.18. The molecular formula is C29H32N4O3S. The number of nitrogens with one attached hydrogen (secondary N) is 1. The lowest BCUT2D eigenvalue weighted by Crippen LogP contribution is -2.36. The Bertz CT molecular complexity index is 1310. The Kier molecular flexibility index (Phi) is 9.21. The number of carbonyl (C=O) groups is 2. The maximum atomic E-state index is 13.1. The monoisotopic (exact) mass is 516 g/mol. The number of thioether (sulfide) groups is 1. The number of aromatic nitrogens is 2. The van der Waals surface area contributed by atoms with Crippen LogP contribution in [-0.2, 0) is 16.1 Å². The summed E-state index contributed by atoms with van der Waals surface area (Å²) >= 11 is 1.58. The summed E-state index contributed by atoms with van der Waals surface area (Å²) in [5.74, 6) is 0.457. The van der Waals surface area contributed by atoms with E-state index in [1.54, 1.807) is 16.7 Å². The standard InChI is InChI=1S/C29H32N4O3S/c1-3-22(2)36-27(34)21-33-26-18-11-10-17-25(26)31-29(33)37-20-12-19-32(24-15-8-5-9-16-24)28(35)30-23-13-6-4-7-14-23/h4-11,13-18,22H,3,12,19-21H2,1-2H3,(H,30,35). The fraction of sp³-hybridized carbons (Fsp3) is 0.276. The van der Waals surface area contributed by atoms with Crippen molar-refractivity contribution >= 4 is 46.2 Å². The van der Waals surface area contributed by atoms with Gasteiger partial charge in [-0.15, -0.1) is 0 Å². The molecular weight excluding hydrogens is 484 g/mol. The molecule has 3 aromatic carbocycles. The molecule has 1 heterocycles. The average Bonchev–Trinajstić information content (AvgIpc) is 3.26. The lowest BCUT2D eigenvalue weighted by Gasteiger charge is -2.23. The van der Waals surface area contributed by atoms with E-state index >= 15 is 0 Å². The van der Waals surface area contributed by atoms with Crippen LogP contribution in [-0.4, -0.2) is 40.0 Å². The molecule has 1 atom stereocenters. The van der Waals surface area contributed by atoms with E-state index in [4.69, 9.17) is 9.72 Å². The summed E-state index contributed by atoms with van der Waals surface area (Å²) in [6.45, 7) is 4.53. The molecule has 0 fully saturated rings. The third-order valence-corrected chi connectivity index (χ3v) is 6.97. The van der Waals surface area contributed by atoms with Gasteiger partial charge in [0.15, 0.2) is 5.16 Å². The summed E-state index contributed by atoms with van der Waals surface area (Å²) in [6, 6.07) is 26.7. The van der Waals surface area contributed by atoms with Crippen LogP contribution < -0.4 is 10.2 Å². The first-order chi connectivity index (χ1) is 18.0. The highest BCUT2D eigenvalue weighted by molar-refractivity contribution is 7.99. The van der Waals surface area contributed by atoms with Crippen molar-refractivity contribution in [3.05, 3.63) is 84.9 Å². The van der Waals surface area contributed by atoms with Gasteiger partial charge in [0.1, 0.15) is 6.54 Å². The molecule has 1 N–H and O–H groups in total. The molecule has 1 aromatic heterocycles. The van der Waals surface area contributed by atoms with E-state index in [2.05, 4.69) is 5.32 Å². The van der Waals surface area contributed by atoms with Crippen LogP contribution in [0.25, 0.3) is 11.0 Å².